The van der Waals surface area contributed by atoms with Gasteiger partial charge < -0.3 is 5.11 Å². The fourth-order valence-electron chi connectivity index (χ4n) is 2.67. The van der Waals surface area contributed by atoms with E-state index in [1.807, 2.05) is 6.07 Å². The first-order chi connectivity index (χ1) is 10.3. The van der Waals surface area contributed by atoms with Gasteiger partial charge in [-0.25, -0.2) is 8.42 Å². The summed E-state index contributed by atoms with van der Waals surface area (Å²) in [4.78, 5) is 10.9. The molecule has 1 heterocycles. The highest BCUT2D eigenvalue weighted by molar-refractivity contribution is 7.89. The number of piperidine rings is 1. The summed E-state index contributed by atoms with van der Waals surface area (Å²) in [5, 5.41) is 18.5. The maximum Gasteiger partial charge on any atom is 0.306 e. The number of aliphatic carboxylic acids is 1. The van der Waals surface area contributed by atoms with Crippen LogP contribution in [0.4, 0.5) is 0 Å². The highest BCUT2D eigenvalue weighted by atomic mass is 35.5. The van der Waals surface area contributed by atoms with Crippen LogP contribution in [0.5, 0.6) is 0 Å². The molecule has 0 unspecified atom stereocenters. The van der Waals surface area contributed by atoms with Gasteiger partial charge in [-0.1, -0.05) is 11.6 Å². The van der Waals surface area contributed by atoms with Crippen LogP contribution in [0, 0.1) is 17.2 Å². The molecule has 1 aliphatic rings. The number of benzene rings is 1. The molecule has 1 aromatic rings. The van der Waals surface area contributed by atoms with E-state index in [9.17, 15) is 13.2 Å². The van der Waals surface area contributed by atoms with Gasteiger partial charge in [0, 0.05) is 17.6 Å². The number of rotatable bonds is 3. The van der Waals surface area contributed by atoms with Crippen LogP contribution in [-0.2, 0) is 14.8 Å². The molecule has 8 heteroatoms. The Bertz CT molecular complexity index is 742. The maximum atomic E-state index is 12.7. The van der Waals surface area contributed by atoms with Crippen molar-refractivity contribution < 1.29 is 18.3 Å². The Labute approximate surface area is 134 Å². The molecule has 1 fully saturated rings. The zero-order chi connectivity index (χ0) is 16.5. The number of sulfonamides is 1. The number of halogens is 1. The first kappa shape index (κ1) is 16.7. The normalized spacial score (nSPS) is 23.0. The highest BCUT2D eigenvalue weighted by Crippen LogP contribution is 2.30. The van der Waals surface area contributed by atoms with E-state index in [4.69, 9.17) is 22.0 Å². The summed E-state index contributed by atoms with van der Waals surface area (Å²) in [6.45, 7) is 1.79. The predicted molar refractivity (Wildman–Crippen MR) is 79.9 cm³/mol. The van der Waals surface area contributed by atoms with Gasteiger partial charge in [0.1, 0.15) is 11.0 Å². The van der Waals surface area contributed by atoms with E-state index in [1.165, 1.54) is 22.5 Å². The minimum absolute atomic E-state index is 0.0138. The summed E-state index contributed by atoms with van der Waals surface area (Å²) in [6, 6.07) is 5.44. The Morgan fingerprint density at radius 3 is 2.73 bits per heavy atom. The number of nitriles is 1. The number of carboxylic acid groups (broad SMARTS) is 1. The number of carboxylic acids is 1. The Morgan fingerprint density at radius 1 is 1.50 bits per heavy atom. The van der Waals surface area contributed by atoms with Crippen molar-refractivity contribution in [3.8, 4) is 6.07 Å². The number of hydrogen-bond donors (Lipinski definition) is 1. The van der Waals surface area contributed by atoms with E-state index in [1.54, 1.807) is 6.92 Å². The maximum absolute atomic E-state index is 12.7. The molecule has 118 valence electrons. The van der Waals surface area contributed by atoms with Crippen LogP contribution in [0.2, 0.25) is 5.02 Å². The second-order valence-electron chi connectivity index (χ2n) is 5.28. The second-order valence-corrected chi connectivity index (χ2v) is 7.57. The van der Waals surface area contributed by atoms with Gasteiger partial charge in [0.15, 0.2) is 0 Å². The lowest BCUT2D eigenvalue weighted by atomic mass is 9.93. The number of hydrogen-bond acceptors (Lipinski definition) is 4. The van der Waals surface area contributed by atoms with Gasteiger partial charge >= 0.3 is 5.97 Å². The summed E-state index contributed by atoms with van der Waals surface area (Å²) in [5.74, 6) is -1.45. The molecule has 1 saturated heterocycles. The first-order valence-corrected chi connectivity index (χ1v) is 8.53. The van der Waals surface area contributed by atoms with Crippen molar-refractivity contribution in [2.75, 3.05) is 6.54 Å². The van der Waals surface area contributed by atoms with Crippen molar-refractivity contribution in [2.24, 2.45) is 5.92 Å². The summed E-state index contributed by atoms with van der Waals surface area (Å²) in [5.41, 5.74) is -0.0138. The zero-order valence-electron chi connectivity index (χ0n) is 11.9. The van der Waals surface area contributed by atoms with E-state index < -0.39 is 28.0 Å². The molecule has 0 saturated carbocycles. The third-order valence-electron chi connectivity index (χ3n) is 3.81. The zero-order valence-corrected chi connectivity index (χ0v) is 13.4. The van der Waals surface area contributed by atoms with Crippen molar-refractivity contribution in [3.05, 3.63) is 28.8 Å². The molecular weight excluding hydrogens is 328 g/mol. The molecule has 0 amide bonds. The lowest BCUT2D eigenvalue weighted by Gasteiger charge is -2.35. The first-order valence-electron chi connectivity index (χ1n) is 6.71. The predicted octanol–water partition coefficient (Wildman–Crippen LogP) is 2.09. The van der Waals surface area contributed by atoms with E-state index >= 15 is 0 Å². The minimum atomic E-state index is -3.86. The van der Waals surface area contributed by atoms with Crippen LogP contribution < -0.4 is 0 Å². The average Bonchev–Trinajstić information content (AvgIpc) is 2.46. The lowest BCUT2D eigenvalue weighted by molar-refractivity contribution is -0.143. The quantitative estimate of drug-likeness (QED) is 0.906. The van der Waals surface area contributed by atoms with Crippen LogP contribution in [-0.4, -0.2) is 36.4 Å². The molecule has 0 radical (unpaired) electrons. The molecular formula is C14H15ClN2O4S. The van der Waals surface area contributed by atoms with Crippen LogP contribution in [0.1, 0.15) is 25.3 Å². The van der Waals surface area contributed by atoms with Gasteiger partial charge in [-0.05, 0) is 38.0 Å². The smallest absolute Gasteiger partial charge is 0.306 e. The molecule has 2 atom stereocenters. The molecule has 1 aromatic carbocycles. The summed E-state index contributed by atoms with van der Waals surface area (Å²) in [6.07, 6.45) is 0.512. The lowest BCUT2D eigenvalue weighted by Crippen LogP contribution is -2.46. The summed E-state index contributed by atoms with van der Waals surface area (Å²) < 4.78 is 26.8. The van der Waals surface area contributed by atoms with Crippen molar-refractivity contribution in [1.82, 2.24) is 4.31 Å². The number of carbonyl (C=O) groups is 1. The molecule has 2 rings (SSSR count). The van der Waals surface area contributed by atoms with Crippen molar-refractivity contribution in [3.63, 3.8) is 0 Å². The van der Waals surface area contributed by atoms with Crippen LogP contribution in [0.15, 0.2) is 23.1 Å². The average molecular weight is 343 g/mol. The molecule has 1 N–H and O–H groups in total. The summed E-state index contributed by atoms with van der Waals surface area (Å²) >= 11 is 5.79. The SMILES string of the molecule is C[C@@H]1C[C@H](C(=O)O)CCN1S(=O)(=O)c1ccc(Cl)cc1C#N. The fraction of sp³-hybridized carbons (Fsp3) is 0.429. The van der Waals surface area contributed by atoms with Gasteiger partial charge in [-0.15, -0.1) is 0 Å². The molecule has 0 bridgehead atoms. The minimum Gasteiger partial charge on any atom is -0.481 e. The third-order valence-corrected chi connectivity index (χ3v) is 6.12. The van der Waals surface area contributed by atoms with Gasteiger partial charge in [0.05, 0.1) is 11.5 Å². The molecule has 0 aromatic heterocycles. The second kappa shape index (κ2) is 6.24. The van der Waals surface area contributed by atoms with Gasteiger partial charge in [-0.2, -0.15) is 9.57 Å². The molecule has 22 heavy (non-hydrogen) atoms. The fourth-order valence-corrected chi connectivity index (χ4v) is 4.63. The van der Waals surface area contributed by atoms with E-state index in [0.717, 1.165) is 0 Å². The van der Waals surface area contributed by atoms with Gasteiger partial charge in [-0.3, -0.25) is 4.79 Å². The molecule has 6 nitrogen and oxygen atoms in total. The van der Waals surface area contributed by atoms with Crippen LogP contribution in [0.3, 0.4) is 0 Å². The van der Waals surface area contributed by atoms with E-state index in [0.29, 0.717) is 0 Å². The number of nitrogens with zero attached hydrogens (tertiary/aromatic N) is 2. The standard InChI is InChI=1S/C14H15ClN2O4S/c1-9-6-10(14(18)19)4-5-17(9)22(20,21)13-3-2-12(15)7-11(13)8-16/h2-3,7,9-10H,4-6H2,1H3,(H,18,19)/t9-,10-/m1/s1. The Kier molecular flexibility index (Phi) is 4.75. The Balaban J connectivity index is 2.36. The van der Waals surface area contributed by atoms with Crippen molar-refractivity contribution >= 4 is 27.6 Å². The molecule has 1 aliphatic heterocycles. The monoisotopic (exact) mass is 342 g/mol. The van der Waals surface area contributed by atoms with Crippen LogP contribution >= 0.6 is 11.6 Å². The van der Waals surface area contributed by atoms with E-state index in [2.05, 4.69) is 0 Å². The van der Waals surface area contributed by atoms with E-state index in [-0.39, 0.29) is 34.9 Å². The molecule has 0 aliphatic carbocycles. The molecule has 0 spiro atoms. The third kappa shape index (κ3) is 3.09. The van der Waals surface area contributed by atoms with Crippen molar-refractivity contribution in [2.45, 2.75) is 30.7 Å². The topological polar surface area (TPSA) is 98.5 Å². The van der Waals surface area contributed by atoms with Gasteiger partial charge in [0.25, 0.3) is 0 Å². The van der Waals surface area contributed by atoms with Crippen molar-refractivity contribution in [1.29, 1.82) is 5.26 Å². The Morgan fingerprint density at radius 2 is 2.18 bits per heavy atom. The van der Waals surface area contributed by atoms with Crippen LogP contribution in [0.25, 0.3) is 0 Å². The van der Waals surface area contributed by atoms with Gasteiger partial charge in [0.2, 0.25) is 10.0 Å². The highest BCUT2D eigenvalue weighted by Gasteiger charge is 2.37. The largest absolute Gasteiger partial charge is 0.481 e. The Hall–Kier alpha value is -1.62. The summed E-state index contributed by atoms with van der Waals surface area (Å²) in [7, 11) is -3.86.